The topological polar surface area (TPSA) is 88.5 Å². The van der Waals surface area contributed by atoms with Crippen molar-refractivity contribution in [1.29, 1.82) is 0 Å². The molecule has 3 aromatic rings. The number of amides is 1. The maximum atomic E-state index is 12.0. The average molecular weight is 270 g/mol. The Balaban J connectivity index is 1.62. The molecule has 2 aromatic heterocycles. The lowest BCUT2D eigenvalue weighted by atomic mass is 10.2. The minimum atomic E-state index is -0.114. The summed E-state index contributed by atoms with van der Waals surface area (Å²) >= 11 is 0. The molecule has 0 fully saturated rings. The lowest BCUT2D eigenvalue weighted by molar-refractivity contribution is 0.0954. The maximum absolute atomic E-state index is 12.0. The molecule has 0 spiro atoms. The van der Waals surface area contributed by atoms with Gasteiger partial charge < -0.3 is 5.32 Å². The first-order valence-corrected chi connectivity index (χ1v) is 6.29. The molecule has 2 N–H and O–H groups in total. The predicted molar refractivity (Wildman–Crippen MR) is 73.1 cm³/mol. The zero-order valence-electron chi connectivity index (χ0n) is 11.0. The summed E-state index contributed by atoms with van der Waals surface area (Å²) in [5.74, 6) is -0.114. The number of carbonyl (C=O) groups excluding carboxylic acids is 1. The molecule has 0 aliphatic heterocycles. The minimum Gasteiger partial charge on any atom is -0.352 e. The van der Waals surface area contributed by atoms with Crippen molar-refractivity contribution >= 4 is 16.9 Å². The van der Waals surface area contributed by atoms with Crippen molar-refractivity contribution in [2.45, 2.75) is 6.42 Å². The van der Waals surface area contributed by atoms with Gasteiger partial charge >= 0.3 is 0 Å². The minimum absolute atomic E-state index is 0.114. The highest BCUT2D eigenvalue weighted by atomic mass is 16.1. The second kappa shape index (κ2) is 5.12. The van der Waals surface area contributed by atoms with Crippen LogP contribution in [0.15, 0.2) is 30.5 Å². The molecule has 0 aliphatic carbocycles. The molecule has 7 nitrogen and oxygen atoms in total. The first-order valence-electron chi connectivity index (χ1n) is 6.29. The highest BCUT2D eigenvalue weighted by Crippen LogP contribution is 2.10. The Hall–Kier alpha value is -2.70. The van der Waals surface area contributed by atoms with Crippen molar-refractivity contribution in [2.24, 2.45) is 7.05 Å². The van der Waals surface area contributed by atoms with Gasteiger partial charge in [0, 0.05) is 37.5 Å². The Morgan fingerprint density at radius 3 is 2.95 bits per heavy atom. The number of hydrogen-bond acceptors (Lipinski definition) is 4. The van der Waals surface area contributed by atoms with E-state index in [0.717, 1.165) is 17.6 Å². The molecule has 1 aromatic carbocycles. The second-order valence-electron chi connectivity index (χ2n) is 4.48. The van der Waals surface area contributed by atoms with E-state index in [1.807, 2.05) is 13.1 Å². The van der Waals surface area contributed by atoms with Crippen LogP contribution >= 0.6 is 0 Å². The molecule has 0 saturated heterocycles. The number of H-pyrrole nitrogens is 1. The Morgan fingerprint density at radius 1 is 1.30 bits per heavy atom. The third-order valence-electron chi connectivity index (χ3n) is 3.17. The van der Waals surface area contributed by atoms with Crippen LogP contribution in [-0.2, 0) is 13.5 Å². The molecule has 0 atom stereocenters. The van der Waals surface area contributed by atoms with E-state index in [4.69, 9.17) is 0 Å². The molecule has 0 unspecified atom stereocenters. The highest BCUT2D eigenvalue weighted by molar-refractivity contribution is 5.97. The zero-order valence-corrected chi connectivity index (χ0v) is 11.0. The van der Waals surface area contributed by atoms with Gasteiger partial charge in [-0.05, 0) is 24.3 Å². The largest absolute Gasteiger partial charge is 0.352 e. The number of hydrogen-bond donors (Lipinski definition) is 2. The van der Waals surface area contributed by atoms with Gasteiger partial charge in [-0.3, -0.25) is 9.48 Å². The fourth-order valence-corrected chi connectivity index (χ4v) is 2.03. The van der Waals surface area contributed by atoms with Crippen molar-refractivity contribution in [2.75, 3.05) is 6.54 Å². The van der Waals surface area contributed by atoms with Gasteiger partial charge in [0.2, 0.25) is 0 Å². The quantitative estimate of drug-likeness (QED) is 0.729. The molecular formula is C13H14N6O. The number of fused-ring (bicyclic) bond motifs is 1. The van der Waals surface area contributed by atoms with Gasteiger partial charge in [0.1, 0.15) is 11.0 Å². The van der Waals surface area contributed by atoms with Crippen LogP contribution < -0.4 is 5.32 Å². The maximum Gasteiger partial charge on any atom is 0.251 e. The van der Waals surface area contributed by atoms with E-state index in [-0.39, 0.29) is 5.91 Å². The van der Waals surface area contributed by atoms with E-state index < -0.39 is 0 Å². The molecule has 0 aliphatic rings. The van der Waals surface area contributed by atoms with E-state index in [2.05, 4.69) is 25.8 Å². The van der Waals surface area contributed by atoms with Crippen molar-refractivity contribution in [3.63, 3.8) is 0 Å². The molecule has 0 bridgehead atoms. The summed E-state index contributed by atoms with van der Waals surface area (Å²) in [6, 6.07) is 7.17. The summed E-state index contributed by atoms with van der Waals surface area (Å²) in [6.45, 7) is 0.565. The summed E-state index contributed by atoms with van der Waals surface area (Å²) < 4.78 is 1.80. The molecule has 1 amide bonds. The third kappa shape index (κ3) is 2.37. The van der Waals surface area contributed by atoms with Crippen molar-refractivity contribution in [1.82, 2.24) is 30.5 Å². The standard InChI is InChI=1S/C13H14N6O/c1-19-10(5-7-15-19)4-6-14-13(20)9-2-3-11-12(8-9)17-18-16-11/h2-3,5,7-8H,4,6H2,1H3,(H,14,20)(H,16,17,18). The Kier molecular flexibility index (Phi) is 3.16. The SMILES string of the molecule is Cn1nccc1CCNC(=O)c1ccc2n[nH]nc2c1. The van der Waals surface area contributed by atoms with Crippen LogP contribution in [0.2, 0.25) is 0 Å². The van der Waals surface area contributed by atoms with E-state index in [9.17, 15) is 4.79 Å². The van der Waals surface area contributed by atoms with E-state index in [1.54, 1.807) is 29.1 Å². The normalized spacial score (nSPS) is 10.8. The third-order valence-corrected chi connectivity index (χ3v) is 3.17. The van der Waals surface area contributed by atoms with Gasteiger partial charge in [-0.25, -0.2) is 0 Å². The molecule has 3 rings (SSSR count). The number of aromatic nitrogens is 5. The van der Waals surface area contributed by atoms with Gasteiger partial charge in [-0.1, -0.05) is 0 Å². The van der Waals surface area contributed by atoms with Crippen molar-refractivity contribution < 1.29 is 4.79 Å². The highest BCUT2D eigenvalue weighted by Gasteiger charge is 2.08. The number of nitrogens with zero attached hydrogens (tertiary/aromatic N) is 4. The number of aryl methyl sites for hydroxylation is 1. The summed E-state index contributed by atoms with van der Waals surface area (Å²) in [5.41, 5.74) is 3.09. The predicted octanol–water partition coefficient (Wildman–Crippen LogP) is 0.664. The van der Waals surface area contributed by atoms with Crippen LogP contribution in [-0.4, -0.2) is 37.6 Å². The molecule has 0 saturated carbocycles. The lowest BCUT2D eigenvalue weighted by Gasteiger charge is -2.05. The fraction of sp³-hybridized carbons (Fsp3) is 0.231. The zero-order chi connectivity index (χ0) is 13.9. The smallest absolute Gasteiger partial charge is 0.251 e. The summed E-state index contributed by atoms with van der Waals surface area (Å²) in [5, 5.41) is 17.4. The summed E-state index contributed by atoms with van der Waals surface area (Å²) in [7, 11) is 1.88. The average Bonchev–Trinajstić information content (AvgIpc) is 3.07. The summed E-state index contributed by atoms with van der Waals surface area (Å²) in [6.07, 6.45) is 2.49. The number of benzene rings is 1. The summed E-state index contributed by atoms with van der Waals surface area (Å²) in [4.78, 5) is 12.0. The Bertz CT molecular complexity index is 744. The van der Waals surface area contributed by atoms with Crippen LogP contribution in [0.4, 0.5) is 0 Å². The first-order chi connectivity index (χ1) is 9.74. The molecule has 0 radical (unpaired) electrons. The fourth-order valence-electron chi connectivity index (χ4n) is 2.03. The number of rotatable bonds is 4. The molecule has 20 heavy (non-hydrogen) atoms. The lowest BCUT2D eigenvalue weighted by Crippen LogP contribution is -2.26. The van der Waals surface area contributed by atoms with Crippen LogP contribution in [0.25, 0.3) is 11.0 Å². The van der Waals surface area contributed by atoms with Gasteiger partial charge in [0.25, 0.3) is 5.91 Å². The van der Waals surface area contributed by atoms with Gasteiger partial charge in [-0.15, -0.1) is 0 Å². The van der Waals surface area contributed by atoms with Crippen LogP contribution in [0.5, 0.6) is 0 Å². The second-order valence-corrected chi connectivity index (χ2v) is 4.48. The van der Waals surface area contributed by atoms with Crippen LogP contribution in [0.3, 0.4) is 0 Å². The van der Waals surface area contributed by atoms with E-state index in [1.165, 1.54) is 0 Å². The molecule has 7 heteroatoms. The molecular weight excluding hydrogens is 256 g/mol. The number of aromatic amines is 1. The number of carbonyl (C=O) groups is 1. The number of nitrogens with one attached hydrogen (secondary N) is 2. The Morgan fingerprint density at radius 2 is 2.15 bits per heavy atom. The Labute approximate surface area is 115 Å². The van der Waals surface area contributed by atoms with E-state index in [0.29, 0.717) is 17.6 Å². The van der Waals surface area contributed by atoms with Crippen molar-refractivity contribution in [3.8, 4) is 0 Å². The van der Waals surface area contributed by atoms with Gasteiger partial charge in [0.15, 0.2) is 0 Å². The molecule has 102 valence electrons. The van der Waals surface area contributed by atoms with Crippen LogP contribution in [0, 0.1) is 0 Å². The molecule has 2 heterocycles. The van der Waals surface area contributed by atoms with Gasteiger partial charge in [0.05, 0.1) is 0 Å². The van der Waals surface area contributed by atoms with E-state index >= 15 is 0 Å². The van der Waals surface area contributed by atoms with Gasteiger partial charge in [-0.2, -0.15) is 20.5 Å². The van der Waals surface area contributed by atoms with Crippen molar-refractivity contribution in [3.05, 3.63) is 41.7 Å². The first kappa shape index (κ1) is 12.3. The monoisotopic (exact) mass is 270 g/mol. The van der Waals surface area contributed by atoms with Crippen LogP contribution in [0.1, 0.15) is 16.1 Å².